The van der Waals surface area contributed by atoms with Crippen molar-refractivity contribution in [2.45, 2.75) is 39.7 Å². The lowest BCUT2D eigenvalue weighted by molar-refractivity contribution is 0.188. The van der Waals surface area contributed by atoms with E-state index < -0.39 is 0 Å². The summed E-state index contributed by atoms with van der Waals surface area (Å²) < 4.78 is 13.7. The molecule has 0 aromatic carbocycles. The molecule has 1 aliphatic rings. The number of rotatable bonds is 3. The van der Waals surface area contributed by atoms with Crippen molar-refractivity contribution in [3.05, 3.63) is 17.8 Å². The van der Waals surface area contributed by atoms with Gasteiger partial charge in [0.2, 0.25) is 0 Å². The molecule has 1 aliphatic heterocycles. The summed E-state index contributed by atoms with van der Waals surface area (Å²) in [7, 11) is 0. The second kappa shape index (κ2) is 5.18. The molecule has 0 radical (unpaired) electrons. The second-order valence-electron chi connectivity index (χ2n) is 5.60. The Bertz CT molecular complexity index is 419. The van der Waals surface area contributed by atoms with Gasteiger partial charge in [-0.15, -0.1) is 0 Å². The van der Waals surface area contributed by atoms with Crippen molar-refractivity contribution in [1.82, 2.24) is 15.3 Å². The third-order valence-electron chi connectivity index (χ3n) is 3.77. The highest BCUT2D eigenvalue weighted by Crippen LogP contribution is 2.30. The topological polar surface area (TPSA) is 49.8 Å². The quantitative estimate of drug-likeness (QED) is 0.865. The molecule has 0 spiro atoms. The number of anilines is 1. The van der Waals surface area contributed by atoms with Gasteiger partial charge in [-0.3, -0.25) is 0 Å². The van der Waals surface area contributed by atoms with Crippen LogP contribution in [0.15, 0.2) is 6.33 Å². The molecule has 100 valence electrons. The van der Waals surface area contributed by atoms with E-state index in [0.29, 0.717) is 24.1 Å². The molecule has 1 saturated heterocycles. The van der Waals surface area contributed by atoms with Gasteiger partial charge in [-0.1, -0.05) is 13.8 Å². The van der Waals surface area contributed by atoms with Gasteiger partial charge in [0.15, 0.2) is 11.6 Å². The monoisotopic (exact) mass is 252 g/mol. The standard InChI is InChI=1S/C13H21FN4/c1-9-11(14)12(18-8-17-9)16-7-10-13(2,3)5-4-6-15-10/h8,10,15H,4-7H2,1-3H3,(H,16,17,18). The molecule has 1 aromatic rings. The minimum absolute atomic E-state index is 0.226. The highest BCUT2D eigenvalue weighted by Gasteiger charge is 2.31. The molecule has 1 atom stereocenters. The van der Waals surface area contributed by atoms with Crippen LogP contribution in [-0.4, -0.2) is 29.1 Å². The van der Waals surface area contributed by atoms with Crippen molar-refractivity contribution in [3.63, 3.8) is 0 Å². The second-order valence-corrected chi connectivity index (χ2v) is 5.60. The average molecular weight is 252 g/mol. The van der Waals surface area contributed by atoms with Crippen molar-refractivity contribution in [1.29, 1.82) is 0 Å². The van der Waals surface area contributed by atoms with Gasteiger partial charge < -0.3 is 10.6 Å². The zero-order chi connectivity index (χ0) is 13.2. The number of hydrogen-bond donors (Lipinski definition) is 2. The van der Waals surface area contributed by atoms with Crippen LogP contribution in [0.2, 0.25) is 0 Å². The van der Waals surface area contributed by atoms with Gasteiger partial charge in [0, 0.05) is 12.6 Å². The molecule has 0 saturated carbocycles. The molecular formula is C13H21FN4. The number of halogens is 1. The Morgan fingerprint density at radius 3 is 3.00 bits per heavy atom. The zero-order valence-electron chi connectivity index (χ0n) is 11.3. The third kappa shape index (κ3) is 2.77. The average Bonchev–Trinajstić information content (AvgIpc) is 2.32. The zero-order valence-corrected chi connectivity index (χ0v) is 11.3. The van der Waals surface area contributed by atoms with Crippen LogP contribution in [-0.2, 0) is 0 Å². The summed E-state index contributed by atoms with van der Waals surface area (Å²) in [4.78, 5) is 7.77. The summed E-state index contributed by atoms with van der Waals surface area (Å²) in [6, 6.07) is 0.334. The van der Waals surface area contributed by atoms with Crippen molar-refractivity contribution >= 4 is 5.82 Å². The summed E-state index contributed by atoms with van der Waals surface area (Å²) in [6.45, 7) is 7.84. The number of aromatic nitrogens is 2. The predicted octanol–water partition coefficient (Wildman–Crippen LogP) is 2.11. The fourth-order valence-electron chi connectivity index (χ4n) is 2.40. The van der Waals surface area contributed by atoms with Gasteiger partial charge in [0.25, 0.3) is 0 Å². The van der Waals surface area contributed by atoms with E-state index in [-0.39, 0.29) is 11.2 Å². The fourth-order valence-corrected chi connectivity index (χ4v) is 2.40. The van der Waals surface area contributed by atoms with Crippen LogP contribution in [0.4, 0.5) is 10.2 Å². The molecule has 0 bridgehead atoms. The first-order chi connectivity index (χ1) is 8.50. The van der Waals surface area contributed by atoms with Crippen molar-refractivity contribution in [2.75, 3.05) is 18.4 Å². The van der Waals surface area contributed by atoms with Crippen molar-refractivity contribution < 1.29 is 4.39 Å². The van der Waals surface area contributed by atoms with Crippen LogP contribution in [0.3, 0.4) is 0 Å². The molecular weight excluding hydrogens is 231 g/mol. The van der Waals surface area contributed by atoms with Crippen LogP contribution in [0, 0.1) is 18.2 Å². The summed E-state index contributed by atoms with van der Waals surface area (Å²) in [5.74, 6) is -0.0585. The molecule has 0 aliphatic carbocycles. The first kappa shape index (κ1) is 13.2. The van der Waals surface area contributed by atoms with Crippen LogP contribution in [0.25, 0.3) is 0 Å². The number of hydrogen-bond acceptors (Lipinski definition) is 4. The van der Waals surface area contributed by atoms with Gasteiger partial charge in [-0.2, -0.15) is 0 Å². The molecule has 18 heavy (non-hydrogen) atoms. The first-order valence-electron chi connectivity index (χ1n) is 6.45. The van der Waals surface area contributed by atoms with Gasteiger partial charge in [-0.05, 0) is 31.7 Å². The van der Waals surface area contributed by atoms with Crippen LogP contribution >= 0.6 is 0 Å². The maximum atomic E-state index is 13.7. The summed E-state index contributed by atoms with van der Waals surface area (Å²) in [6.07, 6.45) is 3.78. The number of piperidine rings is 1. The van der Waals surface area contributed by atoms with Gasteiger partial charge in [0.1, 0.15) is 6.33 Å². The Hall–Kier alpha value is -1.23. The maximum absolute atomic E-state index is 13.7. The van der Waals surface area contributed by atoms with E-state index in [1.165, 1.54) is 19.2 Å². The fraction of sp³-hybridized carbons (Fsp3) is 0.692. The lowest BCUT2D eigenvalue weighted by Crippen LogP contribution is -2.50. The van der Waals surface area contributed by atoms with Crippen LogP contribution in [0.5, 0.6) is 0 Å². The Kier molecular flexibility index (Phi) is 3.80. The Balaban J connectivity index is 2.00. The molecule has 0 amide bonds. The summed E-state index contributed by atoms with van der Waals surface area (Å²) in [5, 5.41) is 6.58. The van der Waals surface area contributed by atoms with E-state index in [1.807, 2.05) is 0 Å². The van der Waals surface area contributed by atoms with E-state index in [4.69, 9.17) is 0 Å². The van der Waals surface area contributed by atoms with E-state index in [2.05, 4.69) is 34.4 Å². The Morgan fingerprint density at radius 1 is 1.50 bits per heavy atom. The lowest BCUT2D eigenvalue weighted by atomic mass is 9.77. The summed E-state index contributed by atoms with van der Waals surface area (Å²) >= 11 is 0. The highest BCUT2D eigenvalue weighted by atomic mass is 19.1. The number of aryl methyl sites for hydroxylation is 1. The molecule has 4 nitrogen and oxygen atoms in total. The van der Waals surface area contributed by atoms with Gasteiger partial charge in [-0.25, -0.2) is 14.4 Å². The van der Waals surface area contributed by atoms with E-state index in [0.717, 1.165) is 6.54 Å². The Labute approximate surface area is 107 Å². The summed E-state index contributed by atoms with van der Waals surface area (Å²) in [5.41, 5.74) is 0.604. The van der Waals surface area contributed by atoms with Crippen molar-refractivity contribution in [2.24, 2.45) is 5.41 Å². The third-order valence-corrected chi connectivity index (χ3v) is 3.77. The minimum atomic E-state index is -0.355. The largest absolute Gasteiger partial charge is 0.366 e. The molecule has 1 unspecified atom stereocenters. The Morgan fingerprint density at radius 2 is 2.28 bits per heavy atom. The smallest absolute Gasteiger partial charge is 0.186 e. The molecule has 5 heteroatoms. The molecule has 2 heterocycles. The number of nitrogens with one attached hydrogen (secondary N) is 2. The number of nitrogens with zero attached hydrogens (tertiary/aromatic N) is 2. The molecule has 2 N–H and O–H groups in total. The first-order valence-corrected chi connectivity index (χ1v) is 6.45. The molecule has 1 fully saturated rings. The van der Waals surface area contributed by atoms with Crippen LogP contribution in [0.1, 0.15) is 32.4 Å². The highest BCUT2D eigenvalue weighted by molar-refractivity contribution is 5.37. The van der Waals surface area contributed by atoms with E-state index in [9.17, 15) is 4.39 Å². The van der Waals surface area contributed by atoms with Gasteiger partial charge >= 0.3 is 0 Å². The predicted molar refractivity (Wildman–Crippen MR) is 70.0 cm³/mol. The van der Waals surface area contributed by atoms with Gasteiger partial charge in [0.05, 0.1) is 5.69 Å². The SMILES string of the molecule is Cc1ncnc(NCC2NCCCC2(C)C)c1F. The lowest BCUT2D eigenvalue weighted by Gasteiger charge is -2.39. The molecule has 1 aromatic heterocycles. The maximum Gasteiger partial charge on any atom is 0.186 e. The van der Waals surface area contributed by atoms with Crippen molar-refractivity contribution in [3.8, 4) is 0 Å². The van der Waals surface area contributed by atoms with E-state index >= 15 is 0 Å². The molecule has 2 rings (SSSR count). The minimum Gasteiger partial charge on any atom is -0.366 e. The van der Waals surface area contributed by atoms with E-state index in [1.54, 1.807) is 6.92 Å². The normalized spacial score (nSPS) is 22.8. The van der Waals surface area contributed by atoms with Crippen LogP contribution < -0.4 is 10.6 Å².